The maximum Gasteiger partial charge on any atom is 0.416 e. The van der Waals surface area contributed by atoms with Crippen molar-refractivity contribution in [1.82, 2.24) is 24.6 Å². The summed E-state index contributed by atoms with van der Waals surface area (Å²) >= 11 is 0. The summed E-state index contributed by atoms with van der Waals surface area (Å²) in [5, 5.41) is 7.12. The zero-order valence-corrected chi connectivity index (χ0v) is 17.2. The van der Waals surface area contributed by atoms with Gasteiger partial charge in [-0.05, 0) is 24.3 Å². The van der Waals surface area contributed by atoms with Gasteiger partial charge in [0, 0.05) is 27.6 Å². The summed E-state index contributed by atoms with van der Waals surface area (Å²) in [5.41, 5.74) is 0.0304. The van der Waals surface area contributed by atoms with Crippen molar-refractivity contribution in [2.75, 3.05) is 49.6 Å². The highest BCUT2D eigenvalue weighted by Crippen LogP contribution is 2.33. The number of para-hydroxylation sites is 1. The molecule has 32 heavy (non-hydrogen) atoms. The third kappa shape index (κ3) is 4.39. The molecule has 170 valence electrons. The van der Waals surface area contributed by atoms with Crippen LogP contribution in [0.1, 0.15) is 6.99 Å². The lowest BCUT2D eigenvalue weighted by Crippen LogP contribution is -2.56. The van der Waals surface area contributed by atoms with Crippen molar-refractivity contribution in [3.63, 3.8) is 0 Å². The molecule has 0 atom stereocenters. The van der Waals surface area contributed by atoms with E-state index in [2.05, 4.69) is 25.3 Å². The van der Waals surface area contributed by atoms with E-state index in [4.69, 9.17) is 4.74 Å². The van der Waals surface area contributed by atoms with Crippen LogP contribution in [0.25, 0.3) is 5.69 Å². The number of benzene rings is 1. The Labute approximate surface area is 184 Å². The van der Waals surface area contributed by atoms with Crippen molar-refractivity contribution in [2.45, 2.75) is 12.2 Å². The smallest absolute Gasteiger partial charge is 0.378 e. The van der Waals surface area contributed by atoms with Gasteiger partial charge in [-0.25, -0.2) is 9.67 Å². The van der Waals surface area contributed by atoms with Crippen LogP contribution in [-0.4, -0.2) is 70.1 Å². The minimum atomic E-state index is -4.49. The van der Waals surface area contributed by atoms with Gasteiger partial charge in [-0.3, -0.25) is 4.90 Å². The summed E-state index contributed by atoms with van der Waals surface area (Å²) in [6.07, 6.45) is -2.99. The SMILES string of the molecule is FC(F)(F)c1cc(Nc2ncn(-c3ccccc3)n2)nc(N2CCN(C3COC3)CC2)c1.[HH]. The number of alkyl halides is 3. The molecule has 0 aliphatic carbocycles. The van der Waals surface area contributed by atoms with Gasteiger partial charge < -0.3 is 15.0 Å². The Kier molecular flexibility index (Phi) is 5.43. The van der Waals surface area contributed by atoms with E-state index in [1.54, 1.807) is 4.68 Å². The van der Waals surface area contributed by atoms with E-state index in [1.165, 1.54) is 6.33 Å². The third-order valence-corrected chi connectivity index (χ3v) is 5.67. The first-order chi connectivity index (χ1) is 15.5. The summed E-state index contributed by atoms with van der Waals surface area (Å²) in [5.74, 6) is 0.506. The van der Waals surface area contributed by atoms with Gasteiger partial charge in [-0.1, -0.05) is 18.2 Å². The number of anilines is 3. The summed E-state index contributed by atoms with van der Waals surface area (Å²) < 4.78 is 47.5. The van der Waals surface area contributed by atoms with E-state index in [9.17, 15) is 13.2 Å². The van der Waals surface area contributed by atoms with E-state index in [0.717, 1.165) is 44.1 Å². The molecule has 3 aromatic rings. The normalized spacial score (nSPS) is 17.9. The van der Waals surface area contributed by atoms with E-state index < -0.39 is 11.7 Å². The Morgan fingerprint density at radius 3 is 2.44 bits per heavy atom. The van der Waals surface area contributed by atoms with Crippen molar-refractivity contribution in [3.8, 4) is 5.69 Å². The Balaban J connectivity index is 0.00000259. The van der Waals surface area contributed by atoms with Gasteiger partial charge >= 0.3 is 6.18 Å². The molecule has 0 unspecified atom stereocenters. The second-order valence-electron chi connectivity index (χ2n) is 7.78. The lowest BCUT2D eigenvalue weighted by molar-refractivity contribution is -0.137. The number of hydrogen-bond donors (Lipinski definition) is 1. The van der Waals surface area contributed by atoms with E-state index in [1.807, 2.05) is 35.2 Å². The number of pyridine rings is 1. The maximum atomic E-state index is 13.6. The maximum absolute atomic E-state index is 13.6. The van der Waals surface area contributed by atoms with E-state index >= 15 is 0 Å². The number of rotatable bonds is 5. The monoisotopic (exact) mass is 447 g/mol. The molecule has 0 bridgehead atoms. The van der Waals surface area contributed by atoms with Crippen LogP contribution in [0.15, 0.2) is 48.8 Å². The van der Waals surface area contributed by atoms with Gasteiger partial charge in [0.15, 0.2) is 0 Å². The highest BCUT2D eigenvalue weighted by molar-refractivity contribution is 5.56. The van der Waals surface area contributed by atoms with E-state index in [-0.39, 0.29) is 19.0 Å². The fourth-order valence-corrected chi connectivity index (χ4v) is 3.80. The highest BCUT2D eigenvalue weighted by Gasteiger charge is 2.34. The van der Waals surface area contributed by atoms with Gasteiger partial charge in [-0.2, -0.15) is 18.2 Å². The summed E-state index contributed by atoms with van der Waals surface area (Å²) in [6, 6.07) is 11.8. The Morgan fingerprint density at radius 1 is 1.03 bits per heavy atom. The number of piperazine rings is 1. The molecule has 0 radical (unpaired) electrons. The zero-order valence-electron chi connectivity index (χ0n) is 17.2. The Morgan fingerprint density at radius 2 is 1.78 bits per heavy atom. The molecule has 2 saturated heterocycles. The molecular formula is C21H24F3N7O. The zero-order chi connectivity index (χ0) is 22.1. The summed E-state index contributed by atoms with van der Waals surface area (Å²) in [7, 11) is 0. The third-order valence-electron chi connectivity index (χ3n) is 5.67. The standard InChI is InChI=1S/C21H22F3N7O.H2/c22-21(23,24)15-10-18(27-20-25-14-31(28-20)16-4-2-1-3-5-16)26-19(11-15)30-8-6-29(7-9-30)17-12-32-13-17;/h1-5,10-11,14,17H,6-9,12-13H2,(H,26,27,28);1H. The number of nitrogens with zero attached hydrogens (tertiary/aromatic N) is 6. The van der Waals surface area contributed by atoms with Gasteiger partial charge in [0.2, 0.25) is 5.95 Å². The molecular weight excluding hydrogens is 423 g/mol. The number of hydrogen-bond acceptors (Lipinski definition) is 7. The molecule has 8 nitrogen and oxygen atoms in total. The molecule has 5 rings (SSSR count). The second-order valence-corrected chi connectivity index (χ2v) is 7.78. The van der Waals surface area contributed by atoms with Crippen LogP contribution in [-0.2, 0) is 10.9 Å². The minimum Gasteiger partial charge on any atom is -0.378 e. The van der Waals surface area contributed by atoms with Gasteiger partial charge in [0.25, 0.3) is 0 Å². The average molecular weight is 447 g/mol. The molecule has 0 amide bonds. The van der Waals surface area contributed by atoms with Crippen LogP contribution in [0.4, 0.5) is 30.8 Å². The van der Waals surface area contributed by atoms with Crippen molar-refractivity contribution < 1.29 is 19.3 Å². The molecule has 4 heterocycles. The second kappa shape index (κ2) is 8.40. The van der Waals surface area contributed by atoms with Crippen LogP contribution < -0.4 is 10.2 Å². The lowest BCUT2D eigenvalue weighted by atomic mass is 10.1. The number of halogens is 3. The van der Waals surface area contributed by atoms with Crippen LogP contribution >= 0.6 is 0 Å². The van der Waals surface area contributed by atoms with Crippen LogP contribution in [0, 0.1) is 0 Å². The van der Waals surface area contributed by atoms with Crippen LogP contribution in [0.3, 0.4) is 0 Å². The molecule has 2 fully saturated rings. The molecule has 2 aliphatic heterocycles. The summed E-state index contributed by atoms with van der Waals surface area (Å²) in [4.78, 5) is 12.8. The van der Waals surface area contributed by atoms with Gasteiger partial charge in [0.1, 0.15) is 18.0 Å². The summed E-state index contributed by atoms with van der Waals surface area (Å²) in [6.45, 7) is 4.17. The van der Waals surface area contributed by atoms with Crippen molar-refractivity contribution in [2.24, 2.45) is 0 Å². The first kappa shape index (κ1) is 20.7. The largest absolute Gasteiger partial charge is 0.416 e. The molecule has 1 N–H and O–H groups in total. The number of nitrogens with one attached hydrogen (secondary N) is 1. The molecule has 2 aliphatic rings. The first-order valence-corrected chi connectivity index (χ1v) is 10.4. The lowest BCUT2D eigenvalue weighted by Gasteiger charge is -2.43. The van der Waals surface area contributed by atoms with E-state index in [0.29, 0.717) is 19.1 Å². The quantitative estimate of drug-likeness (QED) is 0.644. The topological polar surface area (TPSA) is 71.3 Å². The van der Waals surface area contributed by atoms with Crippen molar-refractivity contribution in [3.05, 3.63) is 54.4 Å². The number of aromatic nitrogens is 4. The average Bonchev–Trinajstić information content (AvgIpc) is 3.21. The fourth-order valence-electron chi connectivity index (χ4n) is 3.80. The first-order valence-electron chi connectivity index (χ1n) is 10.4. The molecule has 0 saturated carbocycles. The predicted molar refractivity (Wildman–Crippen MR) is 114 cm³/mol. The highest BCUT2D eigenvalue weighted by atomic mass is 19.4. The Bertz CT molecular complexity index is 1070. The Hall–Kier alpha value is -3.18. The molecule has 1 aromatic carbocycles. The molecule has 11 heteroatoms. The van der Waals surface area contributed by atoms with Crippen LogP contribution in [0.2, 0.25) is 0 Å². The van der Waals surface area contributed by atoms with Crippen molar-refractivity contribution in [1.29, 1.82) is 0 Å². The predicted octanol–water partition coefficient (Wildman–Crippen LogP) is 3.19. The fraction of sp³-hybridized carbons (Fsp3) is 0.381. The van der Waals surface area contributed by atoms with Crippen molar-refractivity contribution >= 4 is 17.6 Å². The molecule has 2 aromatic heterocycles. The number of ether oxygens (including phenoxy) is 1. The van der Waals surface area contributed by atoms with Crippen LogP contribution in [0.5, 0.6) is 0 Å². The molecule has 0 spiro atoms. The van der Waals surface area contributed by atoms with Gasteiger partial charge in [-0.15, -0.1) is 5.10 Å². The van der Waals surface area contributed by atoms with Gasteiger partial charge in [0.05, 0.1) is 30.5 Å². The minimum absolute atomic E-state index is 0.